The molecule has 0 saturated carbocycles. The zero-order valence-electron chi connectivity index (χ0n) is 10.8. The fraction of sp³-hybridized carbons (Fsp3) is 0.462. The average molecular weight is 301 g/mol. The molecular weight excluding hydrogens is 284 g/mol. The van der Waals surface area contributed by atoms with Gasteiger partial charge >= 0.3 is 0 Å². The van der Waals surface area contributed by atoms with Crippen molar-refractivity contribution in [2.24, 2.45) is 0 Å². The monoisotopic (exact) mass is 300 g/mol. The molecule has 0 spiro atoms. The Morgan fingerprint density at radius 3 is 3.05 bits per heavy atom. The van der Waals surface area contributed by atoms with Gasteiger partial charge in [-0.1, -0.05) is 23.7 Å². The van der Waals surface area contributed by atoms with Crippen molar-refractivity contribution in [1.82, 2.24) is 10.5 Å². The second kappa shape index (κ2) is 7.01. The van der Waals surface area contributed by atoms with Gasteiger partial charge in [-0.25, -0.2) is 5.48 Å². The number of hydrogen-bond donors (Lipinski definition) is 3. The molecule has 1 aliphatic heterocycles. The second-order valence-electron chi connectivity index (χ2n) is 4.71. The molecule has 0 unspecified atom stereocenters. The lowest BCUT2D eigenvalue weighted by Gasteiger charge is -2.35. The van der Waals surface area contributed by atoms with Gasteiger partial charge in [0.05, 0.1) is 12.7 Å². The first-order chi connectivity index (χ1) is 9.60. The molecule has 3 N–H and O–H groups in total. The van der Waals surface area contributed by atoms with Gasteiger partial charge < -0.3 is 5.11 Å². The number of halogens is 1. The third kappa shape index (κ3) is 3.91. The van der Waals surface area contributed by atoms with Crippen LogP contribution in [0.2, 0.25) is 5.02 Å². The van der Waals surface area contributed by atoms with E-state index in [0.29, 0.717) is 18.0 Å². The van der Waals surface area contributed by atoms with E-state index < -0.39 is 18.1 Å². The Morgan fingerprint density at radius 2 is 2.35 bits per heavy atom. The Balaban J connectivity index is 1.97. The van der Waals surface area contributed by atoms with E-state index in [1.54, 1.807) is 17.6 Å². The summed E-state index contributed by atoms with van der Waals surface area (Å²) in [7, 11) is 0. The van der Waals surface area contributed by atoms with Crippen molar-refractivity contribution in [3.05, 3.63) is 34.9 Å². The number of rotatable bonds is 4. The molecule has 1 saturated heterocycles. The van der Waals surface area contributed by atoms with Gasteiger partial charge in [0.25, 0.3) is 5.91 Å². The Bertz CT molecular complexity index is 471. The lowest BCUT2D eigenvalue weighted by Crippen LogP contribution is -2.51. The van der Waals surface area contributed by atoms with Crippen LogP contribution in [0.15, 0.2) is 24.3 Å². The number of carbonyl (C=O) groups excluding carboxylic acids is 1. The number of carbonyl (C=O) groups is 1. The lowest BCUT2D eigenvalue weighted by molar-refractivity contribution is -0.219. The van der Waals surface area contributed by atoms with E-state index in [1.807, 2.05) is 12.1 Å². The van der Waals surface area contributed by atoms with E-state index in [9.17, 15) is 9.90 Å². The van der Waals surface area contributed by atoms with Crippen LogP contribution < -0.4 is 5.48 Å². The van der Waals surface area contributed by atoms with Gasteiger partial charge in [0.1, 0.15) is 6.04 Å². The van der Waals surface area contributed by atoms with Crippen molar-refractivity contribution in [2.45, 2.75) is 31.6 Å². The minimum atomic E-state index is -0.706. The van der Waals surface area contributed by atoms with Gasteiger partial charge in [-0.05, 0) is 24.1 Å². The summed E-state index contributed by atoms with van der Waals surface area (Å²) >= 11 is 5.89. The highest BCUT2D eigenvalue weighted by atomic mass is 35.5. The van der Waals surface area contributed by atoms with Gasteiger partial charge in [-0.2, -0.15) is 5.06 Å². The molecule has 1 heterocycles. The predicted molar refractivity (Wildman–Crippen MR) is 71.9 cm³/mol. The zero-order valence-corrected chi connectivity index (χ0v) is 11.6. The number of aliphatic hydroxyl groups excluding tert-OH is 1. The first-order valence-corrected chi connectivity index (χ1v) is 6.74. The molecule has 110 valence electrons. The molecule has 1 aromatic carbocycles. The largest absolute Gasteiger partial charge is 0.393 e. The summed E-state index contributed by atoms with van der Waals surface area (Å²) in [5, 5.41) is 20.4. The normalized spacial score (nSPS) is 23.6. The van der Waals surface area contributed by atoms with Crippen LogP contribution in [0.1, 0.15) is 18.4 Å². The van der Waals surface area contributed by atoms with Crippen molar-refractivity contribution in [3.8, 4) is 0 Å². The van der Waals surface area contributed by atoms with Gasteiger partial charge in [-0.15, -0.1) is 0 Å². The minimum Gasteiger partial charge on any atom is -0.393 e. The van der Waals surface area contributed by atoms with Gasteiger partial charge in [-0.3, -0.25) is 14.8 Å². The molecule has 2 rings (SSSR count). The van der Waals surface area contributed by atoms with Crippen LogP contribution in [-0.2, 0) is 16.2 Å². The van der Waals surface area contributed by atoms with Crippen molar-refractivity contribution in [3.63, 3.8) is 0 Å². The van der Waals surface area contributed by atoms with Crippen LogP contribution in [0.5, 0.6) is 0 Å². The van der Waals surface area contributed by atoms with Gasteiger partial charge in [0.2, 0.25) is 0 Å². The number of hydrogen-bond acceptors (Lipinski definition) is 5. The topological polar surface area (TPSA) is 82.0 Å². The van der Waals surface area contributed by atoms with Crippen LogP contribution in [0.4, 0.5) is 0 Å². The van der Waals surface area contributed by atoms with Crippen LogP contribution in [-0.4, -0.2) is 40.0 Å². The summed E-state index contributed by atoms with van der Waals surface area (Å²) in [6.07, 6.45) is 0.176. The molecule has 2 atom stereocenters. The van der Waals surface area contributed by atoms with Crippen molar-refractivity contribution < 1.29 is 19.9 Å². The van der Waals surface area contributed by atoms with E-state index in [2.05, 4.69) is 0 Å². The fourth-order valence-corrected chi connectivity index (χ4v) is 2.39. The summed E-state index contributed by atoms with van der Waals surface area (Å²) in [4.78, 5) is 17.2. The number of hydroxylamine groups is 3. The molecule has 6 nitrogen and oxygen atoms in total. The Labute approximate surface area is 121 Å². The lowest BCUT2D eigenvalue weighted by atomic mass is 10.0. The minimum absolute atomic E-state index is 0.224. The van der Waals surface area contributed by atoms with Crippen molar-refractivity contribution in [2.75, 3.05) is 6.54 Å². The van der Waals surface area contributed by atoms with Crippen molar-refractivity contribution >= 4 is 17.5 Å². The third-order valence-corrected chi connectivity index (χ3v) is 3.46. The SMILES string of the molecule is O=C(NO)[C@H]1C[C@@H](O)CCN1OCc1cccc(Cl)c1. The maximum atomic E-state index is 11.6. The quantitative estimate of drug-likeness (QED) is 0.573. The van der Waals surface area contributed by atoms with Crippen LogP contribution in [0.25, 0.3) is 0 Å². The molecule has 1 amide bonds. The summed E-state index contributed by atoms with van der Waals surface area (Å²) in [6.45, 7) is 0.686. The smallest absolute Gasteiger partial charge is 0.263 e. The summed E-state index contributed by atoms with van der Waals surface area (Å²) in [5.41, 5.74) is 2.48. The number of amides is 1. The van der Waals surface area contributed by atoms with Gasteiger partial charge in [0, 0.05) is 18.0 Å². The van der Waals surface area contributed by atoms with Crippen LogP contribution in [0.3, 0.4) is 0 Å². The number of piperidine rings is 1. The van der Waals surface area contributed by atoms with E-state index in [0.717, 1.165) is 5.56 Å². The molecule has 0 aliphatic carbocycles. The van der Waals surface area contributed by atoms with E-state index in [1.165, 1.54) is 5.06 Å². The molecule has 1 fully saturated rings. The highest BCUT2D eigenvalue weighted by Crippen LogP contribution is 2.20. The first kappa shape index (κ1) is 15.2. The second-order valence-corrected chi connectivity index (χ2v) is 5.15. The highest BCUT2D eigenvalue weighted by Gasteiger charge is 2.33. The van der Waals surface area contributed by atoms with E-state index >= 15 is 0 Å². The Morgan fingerprint density at radius 1 is 1.55 bits per heavy atom. The highest BCUT2D eigenvalue weighted by molar-refractivity contribution is 6.30. The number of benzene rings is 1. The van der Waals surface area contributed by atoms with Gasteiger partial charge in [0.15, 0.2) is 0 Å². The molecule has 1 aliphatic rings. The third-order valence-electron chi connectivity index (χ3n) is 3.22. The summed E-state index contributed by atoms with van der Waals surface area (Å²) in [6, 6.07) is 6.53. The maximum Gasteiger partial charge on any atom is 0.263 e. The average Bonchev–Trinajstić information content (AvgIpc) is 2.45. The first-order valence-electron chi connectivity index (χ1n) is 6.36. The summed E-state index contributed by atoms with van der Waals surface area (Å²) < 4.78 is 0. The molecule has 20 heavy (non-hydrogen) atoms. The molecule has 0 radical (unpaired) electrons. The molecule has 0 bridgehead atoms. The number of aliphatic hydroxyl groups is 1. The van der Waals surface area contributed by atoms with Crippen molar-refractivity contribution in [1.29, 1.82) is 0 Å². The van der Waals surface area contributed by atoms with E-state index in [-0.39, 0.29) is 13.0 Å². The zero-order chi connectivity index (χ0) is 14.5. The molecule has 0 aromatic heterocycles. The fourth-order valence-electron chi connectivity index (χ4n) is 2.18. The number of nitrogens with one attached hydrogen (secondary N) is 1. The Kier molecular flexibility index (Phi) is 5.33. The standard InChI is InChI=1S/C13H17ClN2O4/c14-10-3-1-2-9(6-10)8-20-16-5-4-11(17)7-12(16)13(18)15-19/h1-3,6,11-12,17,19H,4-5,7-8H2,(H,15,18)/t11-,12+/m0/s1. The van der Waals surface area contributed by atoms with E-state index in [4.69, 9.17) is 21.6 Å². The predicted octanol–water partition coefficient (Wildman–Crippen LogP) is 1.10. The molecule has 7 heteroatoms. The number of nitrogens with zero attached hydrogens (tertiary/aromatic N) is 1. The maximum absolute atomic E-state index is 11.6. The summed E-state index contributed by atoms with van der Waals surface area (Å²) in [5.74, 6) is -0.588. The molecule has 1 aromatic rings. The van der Waals surface area contributed by atoms with Crippen LogP contribution >= 0.6 is 11.6 Å². The Hall–Kier alpha value is -1.18. The molecular formula is C13H17ClN2O4. The van der Waals surface area contributed by atoms with Crippen LogP contribution in [0, 0.1) is 0 Å².